The van der Waals surface area contributed by atoms with Crippen LogP contribution in [0.2, 0.25) is 0 Å². The topological polar surface area (TPSA) is 37.3 Å². The normalized spacial score (nSPS) is 13.9. The van der Waals surface area contributed by atoms with Gasteiger partial charge in [0.1, 0.15) is 5.78 Å². The van der Waals surface area contributed by atoms with Crippen LogP contribution in [0.15, 0.2) is 0 Å². The third-order valence-corrected chi connectivity index (χ3v) is 4.06. The zero-order valence-corrected chi connectivity index (χ0v) is 23.6. The molecule has 0 rings (SSSR count). The van der Waals surface area contributed by atoms with E-state index in [4.69, 9.17) is 0 Å². The first-order chi connectivity index (χ1) is 12.0. The molecule has 0 amide bonds. The van der Waals surface area contributed by atoms with E-state index in [2.05, 4.69) is 83.1 Å². The Labute approximate surface area is 185 Å². The third-order valence-electron chi connectivity index (χ3n) is 4.06. The highest BCUT2D eigenvalue weighted by Gasteiger charge is 2.33. The van der Waals surface area contributed by atoms with E-state index in [1.807, 2.05) is 41.5 Å². The maximum absolute atomic E-state index is 11.5. The molecule has 0 heterocycles. The number of aliphatic hydroxyl groups is 1. The van der Waals surface area contributed by atoms with E-state index in [-0.39, 0.29) is 27.8 Å². The fourth-order valence-corrected chi connectivity index (χ4v) is 4.02. The van der Waals surface area contributed by atoms with Crippen LogP contribution < -0.4 is 0 Å². The maximum atomic E-state index is 11.5. The summed E-state index contributed by atoms with van der Waals surface area (Å²) in [5.41, 5.74) is 0.573. The lowest BCUT2D eigenvalue weighted by Crippen LogP contribution is -2.37. The van der Waals surface area contributed by atoms with Gasteiger partial charge in [0.15, 0.2) is 0 Å². The van der Waals surface area contributed by atoms with Crippen molar-refractivity contribution < 1.29 is 9.90 Å². The molecule has 0 aliphatic carbocycles. The average Bonchev–Trinajstić information content (AvgIpc) is 2.29. The number of hydrogen-bond acceptors (Lipinski definition) is 2. The Morgan fingerprint density at radius 1 is 0.552 bits per heavy atom. The van der Waals surface area contributed by atoms with Crippen LogP contribution in [0.5, 0.6) is 0 Å². The Kier molecular flexibility index (Phi) is 12.4. The van der Waals surface area contributed by atoms with Crippen molar-refractivity contribution in [1.82, 2.24) is 0 Å². The summed E-state index contributed by atoms with van der Waals surface area (Å²) in [6.45, 7) is 37.8. The number of Topliss-reactive ketones (excluding diaryl/α,β-unsaturated/α-hetero) is 1. The third kappa shape index (κ3) is 20.7. The summed E-state index contributed by atoms with van der Waals surface area (Å²) in [5, 5.41) is 9.72. The molecule has 0 aromatic heterocycles. The van der Waals surface area contributed by atoms with Crippen LogP contribution in [0.3, 0.4) is 0 Å². The molecule has 178 valence electrons. The Morgan fingerprint density at radius 2 is 0.759 bits per heavy atom. The summed E-state index contributed by atoms with van der Waals surface area (Å²) < 4.78 is 0. The van der Waals surface area contributed by atoms with Crippen LogP contribution >= 0.6 is 0 Å². The highest BCUT2D eigenvalue weighted by molar-refractivity contribution is 5.88. The van der Waals surface area contributed by atoms with E-state index in [0.717, 1.165) is 0 Å². The van der Waals surface area contributed by atoms with Gasteiger partial charge in [0.2, 0.25) is 0 Å². The number of hydrogen-bond donors (Lipinski definition) is 1. The van der Waals surface area contributed by atoms with Gasteiger partial charge in [0.05, 0.1) is 6.10 Å². The van der Waals surface area contributed by atoms with E-state index in [1.165, 1.54) is 6.42 Å². The molecule has 0 saturated carbocycles. The lowest BCUT2D eigenvalue weighted by atomic mass is 9.74. The van der Waals surface area contributed by atoms with E-state index in [0.29, 0.717) is 16.6 Å². The Morgan fingerprint density at radius 3 is 0.759 bits per heavy atom. The van der Waals surface area contributed by atoms with Crippen molar-refractivity contribution in [2.75, 3.05) is 0 Å². The van der Waals surface area contributed by atoms with Crippen LogP contribution in [0, 0.1) is 32.5 Å². The van der Waals surface area contributed by atoms with Crippen LogP contribution in [0.1, 0.15) is 131 Å². The molecule has 2 nitrogen and oxygen atoms in total. The van der Waals surface area contributed by atoms with Gasteiger partial charge in [-0.3, -0.25) is 4.79 Å². The van der Waals surface area contributed by atoms with E-state index < -0.39 is 0 Å². The molecule has 0 radical (unpaired) electrons. The van der Waals surface area contributed by atoms with Crippen LogP contribution in [-0.4, -0.2) is 17.0 Å². The molecule has 0 atom stereocenters. The lowest BCUT2D eigenvalue weighted by molar-refractivity contribution is -0.134. The van der Waals surface area contributed by atoms with Crippen molar-refractivity contribution in [3.8, 4) is 0 Å². The zero-order chi connectivity index (χ0) is 24.9. The molecule has 0 spiro atoms. The molecular formula is C27H58O2. The summed E-state index contributed by atoms with van der Waals surface area (Å²) in [6.07, 6.45) is 1.06. The van der Waals surface area contributed by atoms with Crippen molar-refractivity contribution in [3.05, 3.63) is 0 Å². The van der Waals surface area contributed by atoms with Gasteiger partial charge in [-0.1, -0.05) is 125 Å². The second-order valence-corrected chi connectivity index (χ2v) is 15.3. The molecule has 0 aromatic carbocycles. The van der Waals surface area contributed by atoms with Gasteiger partial charge in [0.25, 0.3) is 0 Å². The fraction of sp³-hybridized carbons (Fsp3) is 0.963. The van der Waals surface area contributed by atoms with Gasteiger partial charge in [0, 0.05) is 10.8 Å². The average molecular weight is 415 g/mol. The van der Waals surface area contributed by atoms with Gasteiger partial charge in [-0.05, 0) is 28.1 Å². The quantitative estimate of drug-likeness (QED) is 0.431. The van der Waals surface area contributed by atoms with Crippen molar-refractivity contribution >= 4 is 5.78 Å². The summed E-state index contributed by atoms with van der Waals surface area (Å²) in [5.74, 6) is 0.319. The summed E-state index contributed by atoms with van der Waals surface area (Å²) in [4.78, 5) is 11.5. The van der Waals surface area contributed by atoms with Gasteiger partial charge in [-0.15, -0.1) is 0 Å². The van der Waals surface area contributed by atoms with Crippen LogP contribution in [-0.2, 0) is 4.79 Å². The van der Waals surface area contributed by atoms with Gasteiger partial charge < -0.3 is 5.11 Å². The van der Waals surface area contributed by atoms with Crippen molar-refractivity contribution in [1.29, 1.82) is 0 Å². The number of rotatable bonds is 0. The second-order valence-electron chi connectivity index (χ2n) is 15.3. The van der Waals surface area contributed by atoms with Gasteiger partial charge in [-0.25, -0.2) is 0 Å². The molecule has 0 fully saturated rings. The first-order valence-corrected chi connectivity index (χ1v) is 11.2. The second kappa shape index (κ2) is 10.8. The fourth-order valence-electron chi connectivity index (χ4n) is 4.02. The minimum atomic E-state index is -0.236. The standard InChI is InChI=1S/C9H20O.C9H18O.C9H20/c2*1-8(2,3)7(10)9(4,5)6;1-8(2,3)7-9(4,5)6/h7,10H,1-6H3;1-6H3;7H2,1-6H3. The van der Waals surface area contributed by atoms with Crippen LogP contribution in [0.25, 0.3) is 0 Å². The molecule has 1 N–H and O–H groups in total. The lowest BCUT2D eigenvalue weighted by Gasteiger charge is -2.36. The largest absolute Gasteiger partial charge is 0.392 e. The van der Waals surface area contributed by atoms with Crippen molar-refractivity contribution in [2.24, 2.45) is 32.5 Å². The molecule has 0 saturated heterocycles. The molecular weight excluding hydrogens is 356 g/mol. The molecule has 0 aromatic rings. The first kappa shape index (κ1) is 33.3. The molecule has 0 aliphatic heterocycles. The first-order valence-electron chi connectivity index (χ1n) is 11.2. The molecule has 2 heteroatoms. The summed E-state index contributed by atoms with van der Waals surface area (Å²) in [7, 11) is 0. The van der Waals surface area contributed by atoms with Gasteiger partial charge in [-0.2, -0.15) is 0 Å². The van der Waals surface area contributed by atoms with Crippen LogP contribution in [0.4, 0.5) is 0 Å². The van der Waals surface area contributed by atoms with Crippen molar-refractivity contribution in [3.63, 3.8) is 0 Å². The number of carbonyl (C=O) groups excluding carboxylic acids is 1. The van der Waals surface area contributed by atoms with Gasteiger partial charge >= 0.3 is 0 Å². The monoisotopic (exact) mass is 414 g/mol. The van der Waals surface area contributed by atoms with E-state index >= 15 is 0 Å². The number of aliphatic hydroxyl groups excluding tert-OH is 1. The van der Waals surface area contributed by atoms with Crippen molar-refractivity contribution in [2.45, 2.75) is 137 Å². The number of carbonyl (C=O) groups is 1. The predicted molar refractivity (Wildman–Crippen MR) is 132 cm³/mol. The predicted octanol–water partition coefficient (Wildman–Crippen LogP) is 8.56. The highest BCUT2D eigenvalue weighted by atomic mass is 16.3. The Bertz CT molecular complexity index is 416. The minimum Gasteiger partial charge on any atom is -0.392 e. The highest BCUT2D eigenvalue weighted by Crippen LogP contribution is 2.33. The Balaban J connectivity index is -0.000000350. The molecule has 0 unspecified atom stereocenters. The Hall–Kier alpha value is -0.370. The maximum Gasteiger partial charge on any atom is 0.143 e. The minimum absolute atomic E-state index is 0.00174. The SMILES string of the molecule is CC(C)(C)C(=O)C(C)(C)C.CC(C)(C)C(O)C(C)(C)C.CC(C)(C)CC(C)(C)C. The molecule has 0 aliphatic rings. The zero-order valence-electron chi connectivity index (χ0n) is 23.6. The molecule has 0 bridgehead atoms. The molecule has 29 heavy (non-hydrogen) atoms. The summed E-state index contributed by atoms with van der Waals surface area (Å²) >= 11 is 0. The smallest absolute Gasteiger partial charge is 0.143 e. The van der Waals surface area contributed by atoms with E-state index in [9.17, 15) is 9.90 Å². The number of ketones is 1. The summed E-state index contributed by atoms with van der Waals surface area (Å²) in [6, 6.07) is 0. The van der Waals surface area contributed by atoms with E-state index in [1.54, 1.807) is 0 Å².